The molecular weight excluding hydrogens is 258 g/mol. The van der Waals surface area contributed by atoms with Crippen LogP contribution in [0.4, 0.5) is 0 Å². The second-order valence-corrected chi connectivity index (χ2v) is 7.75. The van der Waals surface area contributed by atoms with Gasteiger partial charge in [0, 0.05) is 17.5 Å². The first-order valence-corrected chi connectivity index (χ1v) is 7.92. The Kier molecular flexibility index (Phi) is 3.53. The van der Waals surface area contributed by atoms with E-state index in [9.17, 15) is 5.11 Å². The quantitative estimate of drug-likeness (QED) is 0.888. The van der Waals surface area contributed by atoms with Crippen molar-refractivity contribution in [3.05, 3.63) is 42.1 Å². The molecule has 1 aliphatic carbocycles. The number of benzene rings is 1. The summed E-state index contributed by atoms with van der Waals surface area (Å²) in [5, 5.41) is 12.2. The van der Waals surface area contributed by atoms with E-state index in [-0.39, 0.29) is 5.41 Å². The first kappa shape index (κ1) is 14.5. The molecule has 1 N–H and O–H groups in total. The van der Waals surface area contributed by atoms with Gasteiger partial charge in [-0.05, 0) is 42.7 Å². The topological polar surface area (TPSA) is 33.1 Å². The van der Waals surface area contributed by atoms with Crippen LogP contribution in [0.5, 0.6) is 0 Å². The van der Waals surface area contributed by atoms with Crippen LogP contribution < -0.4 is 0 Å². The molecule has 1 heterocycles. The number of pyridine rings is 1. The van der Waals surface area contributed by atoms with E-state index in [1.165, 1.54) is 6.42 Å². The van der Waals surface area contributed by atoms with Crippen molar-refractivity contribution < 1.29 is 5.11 Å². The molecule has 2 heteroatoms. The zero-order valence-electron chi connectivity index (χ0n) is 13.3. The highest BCUT2D eigenvalue weighted by Gasteiger charge is 2.41. The minimum Gasteiger partial charge on any atom is -0.389 e. The molecule has 2 unspecified atom stereocenters. The molecular formula is C19H25NO. The standard InChI is InChI=1S/C19H25NO/c1-14-10-18(2,3)13-19(21,11-14)12-16-9-8-15-6-4-5-7-17(15)20-16/h4-9,14,21H,10-13H2,1-3H3. The van der Waals surface area contributed by atoms with Crippen molar-refractivity contribution in [3.8, 4) is 0 Å². The fourth-order valence-corrected chi connectivity index (χ4v) is 4.38. The minimum atomic E-state index is -0.614. The number of nitrogens with zero attached hydrogens (tertiary/aromatic N) is 1. The van der Waals surface area contributed by atoms with Crippen molar-refractivity contribution in [2.45, 2.75) is 52.1 Å². The van der Waals surface area contributed by atoms with Gasteiger partial charge in [0.25, 0.3) is 0 Å². The van der Waals surface area contributed by atoms with Gasteiger partial charge in [0.1, 0.15) is 0 Å². The maximum atomic E-state index is 11.1. The van der Waals surface area contributed by atoms with E-state index in [0.29, 0.717) is 12.3 Å². The summed E-state index contributed by atoms with van der Waals surface area (Å²) in [6, 6.07) is 12.3. The first-order chi connectivity index (χ1) is 9.85. The summed E-state index contributed by atoms with van der Waals surface area (Å²) < 4.78 is 0. The van der Waals surface area contributed by atoms with Gasteiger partial charge in [0.2, 0.25) is 0 Å². The van der Waals surface area contributed by atoms with Gasteiger partial charge in [-0.3, -0.25) is 4.98 Å². The number of hydrogen-bond acceptors (Lipinski definition) is 2. The second-order valence-electron chi connectivity index (χ2n) is 7.75. The van der Waals surface area contributed by atoms with Crippen LogP contribution in [-0.2, 0) is 6.42 Å². The third-order valence-electron chi connectivity index (χ3n) is 4.60. The summed E-state index contributed by atoms with van der Waals surface area (Å²) in [5.41, 5.74) is 1.61. The lowest BCUT2D eigenvalue weighted by Gasteiger charge is -2.44. The molecule has 2 nitrogen and oxygen atoms in total. The Morgan fingerprint density at radius 2 is 1.90 bits per heavy atom. The lowest BCUT2D eigenvalue weighted by molar-refractivity contribution is -0.0579. The van der Waals surface area contributed by atoms with Gasteiger partial charge in [-0.15, -0.1) is 0 Å². The van der Waals surface area contributed by atoms with Crippen LogP contribution in [0, 0.1) is 11.3 Å². The molecule has 0 saturated heterocycles. The number of hydrogen-bond donors (Lipinski definition) is 1. The molecule has 0 spiro atoms. The number of fused-ring (bicyclic) bond motifs is 1. The monoisotopic (exact) mass is 283 g/mol. The lowest BCUT2D eigenvalue weighted by atomic mass is 9.64. The van der Waals surface area contributed by atoms with Crippen molar-refractivity contribution >= 4 is 10.9 Å². The van der Waals surface area contributed by atoms with E-state index in [1.807, 2.05) is 18.2 Å². The first-order valence-electron chi connectivity index (χ1n) is 7.92. The Morgan fingerprint density at radius 1 is 1.14 bits per heavy atom. The summed E-state index contributed by atoms with van der Waals surface area (Å²) in [6.45, 7) is 6.78. The molecule has 1 aromatic heterocycles. The summed E-state index contributed by atoms with van der Waals surface area (Å²) in [5.74, 6) is 0.569. The van der Waals surface area contributed by atoms with Crippen LogP contribution in [0.15, 0.2) is 36.4 Å². The zero-order chi connectivity index (χ0) is 15.1. The van der Waals surface area contributed by atoms with Crippen molar-refractivity contribution in [2.24, 2.45) is 11.3 Å². The summed E-state index contributed by atoms with van der Waals surface area (Å²) in [6.07, 6.45) is 3.59. The molecule has 2 atom stereocenters. The zero-order valence-corrected chi connectivity index (χ0v) is 13.3. The molecule has 0 bridgehead atoms. The molecule has 0 radical (unpaired) electrons. The van der Waals surface area contributed by atoms with E-state index >= 15 is 0 Å². The Labute approximate surface area is 127 Å². The lowest BCUT2D eigenvalue weighted by Crippen LogP contribution is -2.43. The van der Waals surface area contributed by atoms with Gasteiger partial charge in [0.15, 0.2) is 0 Å². The minimum absolute atomic E-state index is 0.212. The van der Waals surface area contributed by atoms with Crippen LogP contribution in [0.2, 0.25) is 0 Å². The van der Waals surface area contributed by atoms with E-state index in [1.54, 1.807) is 0 Å². The summed E-state index contributed by atoms with van der Waals surface area (Å²) in [4.78, 5) is 4.73. The smallest absolute Gasteiger partial charge is 0.0710 e. The van der Waals surface area contributed by atoms with Crippen LogP contribution in [0.1, 0.15) is 45.7 Å². The molecule has 1 aliphatic rings. The molecule has 112 valence electrons. The molecule has 21 heavy (non-hydrogen) atoms. The molecule has 2 aromatic rings. The van der Waals surface area contributed by atoms with E-state index in [2.05, 4.69) is 39.0 Å². The molecule has 3 rings (SSSR count). The Hall–Kier alpha value is -1.41. The van der Waals surface area contributed by atoms with Gasteiger partial charge in [-0.1, -0.05) is 45.0 Å². The maximum Gasteiger partial charge on any atom is 0.0710 e. The van der Waals surface area contributed by atoms with Crippen molar-refractivity contribution in [1.82, 2.24) is 4.98 Å². The van der Waals surface area contributed by atoms with Gasteiger partial charge in [-0.25, -0.2) is 0 Å². The highest BCUT2D eigenvalue weighted by atomic mass is 16.3. The average molecular weight is 283 g/mol. The normalized spacial score (nSPS) is 28.7. The maximum absolute atomic E-state index is 11.1. The fraction of sp³-hybridized carbons (Fsp3) is 0.526. The summed E-state index contributed by atoms with van der Waals surface area (Å²) in [7, 11) is 0. The Bertz CT molecular complexity index is 649. The van der Waals surface area contributed by atoms with Crippen molar-refractivity contribution in [3.63, 3.8) is 0 Å². The van der Waals surface area contributed by atoms with E-state index in [0.717, 1.165) is 29.4 Å². The van der Waals surface area contributed by atoms with E-state index in [4.69, 9.17) is 4.98 Å². The van der Waals surface area contributed by atoms with E-state index < -0.39 is 5.60 Å². The SMILES string of the molecule is CC1CC(C)(C)CC(O)(Cc2ccc3ccccc3n2)C1. The van der Waals surface area contributed by atoms with Crippen molar-refractivity contribution in [1.29, 1.82) is 0 Å². The van der Waals surface area contributed by atoms with Gasteiger partial charge < -0.3 is 5.11 Å². The van der Waals surface area contributed by atoms with Gasteiger partial charge in [-0.2, -0.15) is 0 Å². The molecule has 1 aromatic carbocycles. The Balaban J connectivity index is 1.86. The number of aromatic nitrogens is 1. The second kappa shape index (κ2) is 5.10. The predicted octanol–water partition coefficient (Wildman–Crippen LogP) is 4.35. The molecule has 1 saturated carbocycles. The third kappa shape index (κ3) is 3.26. The van der Waals surface area contributed by atoms with Crippen LogP contribution in [0.3, 0.4) is 0 Å². The highest BCUT2D eigenvalue weighted by molar-refractivity contribution is 5.78. The predicted molar refractivity (Wildman–Crippen MR) is 87.2 cm³/mol. The van der Waals surface area contributed by atoms with Crippen molar-refractivity contribution in [2.75, 3.05) is 0 Å². The van der Waals surface area contributed by atoms with Crippen LogP contribution >= 0.6 is 0 Å². The number of rotatable bonds is 2. The van der Waals surface area contributed by atoms with Gasteiger partial charge >= 0.3 is 0 Å². The van der Waals surface area contributed by atoms with Crippen LogP contribution in [0.25, 0.3) is 10.9 Å². The van der Waals surface area contributed by atoms with Crippen LogP contribution in [-0.4, -0.2) is 15.7 Å². The Morgan fingerprint density at radius 3 is 2.67 bits per heavy atom. The largest absolute Gasteiger partial charge is 0.389 e. The molecule has 1 fully saturated rings. The number of para-hydroxylation sites is 1. The molecule has 0 amide bonds. The average Bonchev–Trinajstić information content (AvgIpc) is 2.35. The highest BCUT2D eigenvalue weighted by Crippen LogP contribution is 2.45. The number of aliphatic hydroxyl groups is 1. The third-order valence-corrected chi connectivity index (χ3v) is 4.60. The summed E-state index contributed by atoms with van der Waals surface area (Å²) >= 11 is 0. The molecule has 0 aliphatic heterocycles. The fourth-order valence-electron chi connectivity index (χ4n) is 4.38. The van der Waals surface area contributed by atoms with Gasteiger partial charge in [0.05, 0.1) is 11.1 Å².